The standard InChI is InChI=1S/C13H14ClFN4/c1-2-3-17-12-7-16-8-13(19-12)18-11-5-9(14)4-10(15)6-11/h4-8H,2-3H2,1H3,(H2,17,18,19). The summed E-state index contributed by atoms with van der Waals surface area (Å²) >= 11 is 5.79. The van der Waals surface area contributed by atoms with Gasteiger partial charge in [0.15, 0.2) is 5.82 Å². The zero-order chi connectivity index (χ0) is 13.7. The Hall–Kier alpha value is -1.88. The fourth-order valence-corrected chi connectivity index (χ4v) is 1.76. The van der Waals surface area contributed by atoms with Crippen LogP contribution >= 0.6 is 11.6 Å². The van der Waals surface area contributed by atoms with E-state index < -0.39 is 5.82 Å². The number of rotatable bonds is 5. The molecule has 2 N–H and O–H groups in total. The van der Waals surface area contributed by atoms with Crippen LogP contribution in [0.1, 0.15) is 13.3 Å². The van der Waals surface area contributed by atoms with Gasteiger partial charge in [0.2, 0.25) is 0 Å². The Bertz CT molecular complexity index is 542. The first kappa shape index (κ1) is 13.5. The molecule has 0 aliphatic carbocycles. The lowest BCUT2D eigenvalue weighted by molar-refractivity contribution is 0.628. The van der Waals surface area contributed by atoms with Crippen LogP contribution in [0.3, 0.4) is 0 Å². The molecular formula is C13H14ClFN4. The van der Waals surface area contributed by atoms with Gasteiger partial charge < -0.3 is 10.6 Å². The average Bonchev–Trinajstić information content (AvgIpc) is 2.35. The molecule has 0 aliphatic rings. The van der Waals surface area contributed by atoms with Crippen LogP contribution in [0.2, 0.25) is 5.02 Å². The van der Waals surface area contributed by atoms with Crippen LogP contribution in [0.5, 0.6) is 0 Å². The molecule has 100 valence electrons. The van der Waals surface area contributed by atoms with Crippen molar-refractivity contribution in [1.29, 1.82) is 0 Å². The highest BCUT2D eigenvalue weighted by Crippen LogP contribution is 2.21. The molecule has 2 rings (SSSR count). The predicted octanol–water partition coefficient (Wildman–Crippen LogP) is 3.83. The number of benzene rings is 1. The van der Waals surface area contributed by atoms with E-state index in [-0.39, 0.29) is 0 Å². The molecule has 0 unspecified atom stereocenters. The molecule has 1 aromatic carbocycles. The van der Waals surface area contributed by atoms with Crippen molar-refractivity contribution in [2.24, 2.45) is 0 Å². The van der Waals surface area contributed by atoms with E-state index in [1.54, 1.807) is 18.5 Å². The Labute approximate surface area is 116 Å². The molecule has 6 heteroatoms. The highest BCUT2D eigenvalue weighted by molar-refractivity contribution is 6.30. The molecule has 0 saturated carbocycles. The first-order valence-corrected chi connectivity index (χ1v) is 6.34. The molecule has 19 heavy (non-hydrogen) atoms. The highest BCUT2D eigenvalue weighted by atomic mass is 35.5. The lowest BCUT2D eigenvalue weighted by atomic mass is 10.3. The van der Waals surface area contributed by atoms with Crippen molar-refractivity contribution in [3.63, 3.8) is 0 Å². The minimum Gasteiger partial charge on any atom is -0.369 e. The molecule has 1 aromatic heterocycles. The van der Waals surface area contributed by atoms with Crippen molar-refractivity contribution >= 4 is 28.9 Å². The van der Waals surface area contributed by atoms with E-state index in [2.05, 4.69) is 27.5 Å². The smallest absolute Gasteiger partial charge is 0.151 e. The van der Waals surface area contributed by atoms with Crippen molar-refractivity contribution in [2.45, 2.75) is 13.3 Å². The lowest BCUT2D eigenvalue weighted by Gasteiger charge is -2.08. The fourth-order valence-electron chi connectivity index (χ4n) is 1.54. The van der Waals surface area contributed by atoms with Crippen LogP contribution < -0.4 is 10.6 Å². The second-order valence-corrected chi connectivity index (χ2v) is 4.44. The Morgan fingerprint density at radius 3 is 2.74 bits per heavy atom. The largest absolute Gasteiger partial charge is 0.369 e. The maximum Gasteiger partial charge on any atom is 0.151 e. The van der Waals surface area contributed by atoms with Crippen LogP contribution in [0, 0.1) is 5.82 Å². The van der Waals surface area contributed by atoms with Gasteiger partial charge in [-0.25, -0.2) is 9.37 Å². The van der Waals surface area contributed by atoms with Crippen LogP contribution in [-0.2, 0) is 0 Å². The average molecular weight is 281 g/mol. The van der Waals surface area contributed by atoms with Crippen LogP contribution in [0.4, 0.5) is 21.7 Å². The van der Waals surface area contributed by atoms with Gasteiger partial charge in [-0.15, -0.1) is 0 Å². The maximum atomic E-state index is 13.2. The van der Waals surface area contributed by atoms with Gasteiger partial charge in [0.25, 0.3) is 0 Å². The molecular weight excluding hydrogens is 267 g/mol. The summed E-state index contributed by atoms with van der Waals surface area (Å²) in [5.74, 6) is 0.806. The van der Waals surface area contributed by atoms with E-state index in [4.69, 9.17) is 11.6 Å². The normalized spacial score (nSPS) is 10.3. The Kier molecular flexibility index (Phi) is 4.52. The SMILES string of the molecule is CCCNc1cncc(Nc2cc(F)cc(Cl)c2)n1. The topological polar surface area (TPSA) is 49.8 Å². The third-order valence-electron chi connectivity index (χ3n) is 2.33. The maximum absolute atomic E-state index is 13.2. The van der Waals surface area contributed by atoms with Crippen molar-refractivity contribution in [3.8, 4) is 0 Å². The van der Waals surface area contributed by atoms with E-state index in [1.165, 1.54) is 12.1 Å². The summed E-state index contributed by atoms with van der Waals surface area (Å²) in [5, 5.41) is 6.42. The zero-order valence-corrected chi connectivity index (χ0v) is 11.2. The third kappa shape index (κ3) is 4.06. The van der Waals surface area contributed by atoms with Crippen molar-refractivity contribution in [2.75, 3.05) is 17.2 Å². The first-order valence-electron chi connectivity index (χ1n) is 5.96. The van der Waals surface area contributed by atoms with Crippen LogP contribution in [0.25, 0.3) is 0 Å². The number of halogens is 2. The number of nitrogens with zero attached hydrogens (tertiary/aromatic N) is 2. The zero-order valence-electron chi connectivity index (χ0n) is 10.5. The molecule has 1 heterocycles. The molecule has 2 aromatic rings. The summed E-state index contributed by atoms with van der Waals surface area (Å²) in [5.41, 5.74) is 0.534. The first-order chi connectivity index (χ1) is 9.17. The summed E-state index contributed by atoms with van der Waals surface area (Å²) in [4.78, 5) is 8.38. The van der Waals surface area contributed by atoms with Gasteiger partial charge in [-0.1, -0.05) is 18.5 Å². The third-order valence-corrected chi connectivity index (χ3v) is 2.54. The second kappa shape index (κ2) is 6.33. The van der Waals surface area contributed by atoms with Gasteiger partial charge in [-0.2, -0.15) is 0 Å². The van der Waals surface area contributed by atoms with Gasteiger partial charge >= 0.3 is 0 Å². The summed E-state index contributed by atoms with van der Waals surface area (Å²) in [6.07, 6.45) is 4.20. The number of anilines is 3. The fraction of sp³-hybridized carbons (Fsp3) is 0.231. The Morgan fingerprint density at radius 2 is 2.00 bits per heavy atom. The molecule has 0 radical (unpaired) electrons. The molecule has 0 atom stereocenters. The Morgan fingerprint density at radius 1 is 1.21 bits per heavy atom. The molecule has 0 bridgehead atoms. The van der Waals surface area contributed by atoms with Crippen molar-refractivity contribution < 1.29 is 4.39 Å². The Balaban J connectivity index is 2.13. The van der Waals surface area contributed by atoms with E-state index in [1.807, 2.05) is 0 Å². The van der Waals surface area contributed by atoms with E-state index in [9.17, 15) is 4.39 Å². The number of aromatic nitrogens is 2. The van der Waals surface area contributed by atoms with Gasteiger partial charge in [0.05, 0.1) is 12.4 Å². The van der Waals surface area contributed by atoms with Gasteiger partial charge in [-0.05, 0) is 24.6 Å². The number of hydrogen-bond acceptors (Lipinski definition) is 4. The molecule has 0 spiro atoms. The molecule has 0 aliphatic heterocycles. The number of hydrogen-bond donors (Lipinski definition) is 2. The lowest BCUT2D eigenvalue weighted by Crippen LogP contribution is -2.04. The summed E-state index contributed by atoms with van der Waals surface area (Å²) < 4.78 is 13.2. The summed E-state index contributed by atoms with van der Waals surface area (Å²) in [7, 11) is 0. The predicted molar refractivity (Wildman–Crippen MR) is 75.5 cm³/mol. The van der Waals surface area contributed by atoms with E-state index in [0.29, 0.717) is 22.3 Å². The highest BCUT2D eigenvalue weighted by Gasteiger charge is 2.02. The van der Waals surface area contributed by atoms with Crippen molar-refractivity contribution in [3.05, 3.63) is 41.4 Å². The van der Waals surface area contributed by atoms with E-state index >= 15 is 0 Å². The van der Waals surface area contributed by atoms with E-state index in [0.717, 1.165) is 13.0 Å². The van der Waals surface area contributed by atoms with Crippen LogP contribution in [-0.4, -0.2) is 16.5 Å². The quantitative estimate of drug-likeness (QED) is 0.874. The van der Waals surface area contributed by atoms with Crippen LogP contribution in [0.15, 0.2) is 30.6 Å². The van der Waals surface area contributed by atoms with Crippen molar-refractivity contribution in [1.82, 2.24) is 9.97 Å². The number of nitrogens with one attached hydrogen (secondary N) is 2. The minimum absolute atomic E-state index is 0.329. The van der Waals surface area contributed by atoms with Gasteiger partial charge in [0, 0.05) is 17.3 Å². The van der Waals surface area contributed by atoms with Gasteiger partial charge in [0.1, 0.15) is 11.6 Å². The molecule has 0 fully saturated rings. The summed E-state index contributed by atoms with van der Waals surface area (Å²) in [6.45, 7) is 2.89. The second-order valence-electron chi connectivity index (χ2n) is 4.00. The molecule has 0 amide bonds. The summed E-state index contributed by atoms with van der Waals surface area (Å²) in [6, 6.07) is 4.22. The van der Waals surface area contributed by atoms with Gasteiger partial charge in [-0.3, -0.25) is 4.98 Å². The molecule has 0 saturated heterocycles. The monoisotopic (exact) mass is 280 g/mol. The molecule has 4 nitrogen and oxygen atoms in total. The minimum atomic E-state index is -0.400.